The van der Waals surface area contributed by atoms with Crippen LogP contribution in [0.5, 0.6) is 5.75 Å². The van der Waals surface area contributed by atoms with Crippen molar-refractivity contribution in [2.75, 3.05) is 39.1 Å². The first-order valence-corrected chi connectivity index (χ1v) is 6.09. The molecule has 2 amide bonds. The first-order valence-electron chi connectivity index (χ1n) is 6.09. The smallest absolute Gasteiger partial charge is 0.262 e. The van der Waals surface area contributed by atoms with Crippen LogP contribution >= 0.6 is 0 Å². The van der Waals surface area contributed by atoms with Gasteiger partial charge >= 0.3 is 0 Å². The van der Waals surface area contributed by atoms with Crippen LogP contribution in [0.3, 0.4) is 0 Å². The van der Waals surface area contributed by atoms with Crippen LogP contribution < -0.4 is 15.4 Å². The van der Waals surface area contributed by atoms with E-state index in [1.165, 1.54) is 0 Å². The molecular weight excluding hydrogens is 246 g/mol. The highest BCUT2D eigenvalue weighted by Crippen LogP contribution is 2.32. The Bertz CT molecular complexity index is 502. The summed E-state index contributed by atoms with van der Waals surface area (Å²) in [6, 6.07) is 5.15. The molecule has 1 heterocycles. The molecule has 0 spiro atoms. The summed E-state index contributed by atoms with van der Waals surface area (Å²) >= 11 is 0. The van der Waals surface area contributed by atoms with Crippen LogP contribution in [0.1, 0.15) is 10.4 Å². The Hall–Kier alpha value is -2.08. The number of para-hydroxylation sites is 1. The average molecular weight is 263 g/mol. The number of rotatable bonds is 4. The molecule has 0 radical (unpaired) electrons. The van der Waals surface area contributed by atoms with E-state index >= 15 is 0 Å². The van der Waals surface area contributed by atoms with Crippen molar-refractivity contribution in [3.8, 4) is 5.75 Å². The maximum Gasteiger partial charge on any atom is 0.262 e. The Kier molecular flexibility index (Phi) is 4.01. The zero-order valence-electron chi connectivity index (χ0n) is 11.0. The first-order chi connectivity index (χ1) is 9.13. The molecule has 1 aromatic rings. The molecule has 0 aliphatic carbocycles. The van der Waals surface area contributed by atoms with Gasteiger partial charge in [0.1, 0.15) is 0 Å². The lowest BCUT2D eigenvalue weighted by Gasteiger charge is -2.23. The fourth-order valence-electron chi connectivity index (χ4n) is 1.87. The van der Waals surface area contributed by atoms with Gasteiger partial charge in [0.25, 0.3) is 11.8 Å². The number of nitrogens with one attached hydrogen (secondary N) is 2. The molecule has 2 rings (SSSR count). The fraction of sp³-hybridized carbons (Fsp3) is 0.385. The van der Waals surface area contributed by atoms with Crippen molar-refractivity contribution in [1.29, 1.82) is 0 Å². The summed E-state index contributed by atoms with van der Waals surface area (Å²) in [5, 5.41) is 5.68. The molecule has 102 valence electrons. The number of nitrogens with zero attached hydrogens (tertiary/aromatic N) is 1. The van der Waals surface area contributed by atoms with Crippen molar-refractivity contribution in [1.82, 2.24) is 10.2 Å². The molecule has 19 heavy (non-hydrogen) atoms. The third-order valence-corrected chi connectivity index (χ3v) is 2.91. The summed E-state index contributed by atoms with van der Waals surface area (Å²) in [6.45, 7) is 1.26. The van der Waals surface area contributed by atoms with E-state index in [1.807, 2.05) is 7.05 Å². The summed E-state index contributed by atoms with van der Waals surface area (Å²) in [7, 11) is 3.57. The number of benzene rings is 1. The third-order valence-electron chi connectivity index (χ3n) is 2.91. The molecule has 0 saturated heterocycles. The van der Waals surface area contributed by atoms with E-state index in [4.69, 9.17) is 4.74 Å². The van der Waals surface area contributed by atoms with Gasteiger partial charge in [-0.2, -0.15) is 0 Å². The number of ether oxygens (including phenoxy) is 1. The summed E-state index contributed by atoms with van der Waals surface area (Å²) in [4.78, 5) is 25.2. The monoisotopic (exact) mass is 263 g/mol. The summed E-state index contributed by atoms with van der Waals surface area (Å²) in [5.41, 5.74) is 1.01. The number of amides is 2. The molecule has 1 aliphatic heterocycles. The quantitative estimate of drug-likeness (QED) is 0.820. The van der Waals surface area contributed by atoms with Crippen LogP contribution in [0.4, 0.5) is 5.69 Å². The van der Waals surface area contributed by atoms with Crippen molar-refractivity contribution in [3.05, 3.63) is 23.8 Å². The van der Waals surface area contributed by atoms with Crippen LogP contribution in [0, 0.1) is 0 Å². The fourth-order valence-corrected chi connectivity index (χ4v) is 1.87. The zero-order valence-corrected chi connectivity index (χ0v) is 11.0. The number of carbonyl (C=O) groups excluding carboxylic acids is 2. The summed E-state index contributed by atoms with van der Waals surface area (Å²) in [6.07, 6.45) is 0. The molecule has 6 nitrogen and oxygen atoms in total. The van der Waals surface area contributed by atoms with E-state index in [9.17, 15) is 9.59 Å². The summed E-state index contributed by atoms with van der Waals surface area (Å²) < 4.78 is 5.37. The Morgan fingerprint density at radius 2 is 2.32 bits per heavy atom. The molecule has 0 atom stereocenters. The van der Waals surface area contributed by atoms with Crippen molar-refractivity contribution in [2.45, 2.75) is 0 Å². The number of likely N-dealkylation sites (N-methyl/N-ethyl adjacent to an activating group) is 2. The maximum atomic E-state index is 12.3. The third kappa shape index (κ3) is 2.85. The lowest BCUT2D eigenvalue weighted by molar-refractivity contribution is -0.118. The minimum absolute atomic E-state index is 0.0580. The molecule has 6 heteroatoms. The summed E-state index contributed by atoms with van der Waals surface area (Å²) in [5.74, 6) is 0.118. The van der Waals surface area contributed by atoms with Gasteiger partial charge in [0.2, 0.25) is 0 Å². The number of hydrogen-bond donors (Lipinski definition) is 2. The van der Waals surface area contributed by atoms with Crippen LogP contribution in [-0.2, 0) is 4.79 Å². The van der Waals surface area contributed by atoms with E-state index in [2.05, 4.69) is 10.6 Å². The maximum absolute atomic E-state index is 12.3. The predicted octanol–water partition coefficient (Wildman–Crippen LogP) is 0.309. The van der Waals surface area contributed by atoms with E-state index in [-0.39, 0.29) is 18.4 Å². The van der Waals surface area contributed by atoms with Gasteiger partial charge in [0.05, 0.1) is 11.3 Å². The standard InChI is InChI=1S/C13H17N3O3/c1-14-6-7-16(2)13(18)9-4-3-5-10-12(9)19-8-11(17)15-10/h3-5,14H,6-8H2,1-2H3,(H,15,17). The van der Waals surface area contributed by atoms with Gasteiger partial charge in [-0.15, -0.1) is 0 Å². The van der Waals surface area contributed by atoms with Crippen molar-refractivity contribution >= 4 is 17.5 Å². The largest absolute Gasteiger partial charge is 0.481 e. The van der Waals surface area contributed by atoms with E-state index < -0.39 is 0 Å². The molecule has 0 bridgehead atoms. The highest BCUT2D eigenvalue weighted by molar-refractivity contribution is 6.03. The number of carbonyl (C=O) groups is 2. The van der Waals surface area contributed by atoms with Gasteiger partial charge < -0.3 is 20.3 Å². The van der Waals surface area contributed by atoms with Crippen molar-refractivity contribution in [2.24, 2.45) is 0 Å². The molecule has 0 unspecified atom stereocenters. The zero-order chi connectivity index (χ0) is 13.8. The van der Waals surface area contributed by atoms with Crippen LogP contribution in [0.15, 0.2) is 18.2 Å². The van der Waals surface area contributed by atoms with Gasteiger partial charge in [-0.05, 0) is 19.2 Å². The number of anilines is 1. The number of fused-ring (bicyclic) bond motifs is 1. The minimum atomic E-state index is -0.208. The van der Waals surface area contributed by atoms with E-state index in [0.717, 1.165) is 6.54 Å². The highest BCUT2D eigenvalue weighted by Gasteiger charge is 2.23. The SMILES string of the molecule is CNCCN(C)C(=O)c1cccc2c1OCC(=O)N2. The van der Waals surface area contributed by atoms with Crippen molar-refractivity contribution in [3.63, 3.8) is 0 Å². The molecule has 0 fully saturated rings. The first kappa shape index (κ1) is 13.4. The van der Waals surface area contributed by atoms with Crippen LogP contribution in [0.25, 0.3) is 0 Å². The normalized spacial score (nSPS) is 13.3. The second-order valence-corrected chi connectivity index (χ2v) is 4.35. The lowest BCUT2D eigenvalue weighted by atomic mass is 10.1. The molecular formula is C13H17N3O3. The van der Waals surface area contributed by atoms with E-state index in [1.54, 1.807) is 30.1 Å². The van der Waals surface area contributed by atoms with Gasteiger partial charge in [0, 0.05) is 20.1 Å². The molecule has 1 aromatic carbocycles. The van der Waals surface area contributed by atoms with Crippen LogP contribution in [-0.4, -0.2) is 50.5 Å². The number of hydrogen-bond acceptors (Lipinski definition) is 4. The molecule has 0 aromatic heterocycles. The Labute approximate surface area is 111 Å². The average Bonchev–Trinajstić information content (AvgIpc) is 2.42. The second kappa shape index (κ2) is 5.71. The van der Waals surface area contributed by atoms with Gasteiger partial charge in [-0.25, -0.2) is 0 Å². The molecule has 0 saturated carbocycles. The molecule has 1 aliphatic rings. The topological polar surface area (TPSA) is 70.7 Å². The van der Waals surface area contributed by atoms with Crippen molar-refractivity contribution < 1.29 is 14.3 Å². The van der Waals surface area contributed by atoms with Gasteiger partial charge in [-0.1, -0.05) is 6.07 Å². The Morgan fingerprint density at radius 1 is 1.53 bits per heavy atom. The highest BCUT2D eigenvalue weighted by atomic mass is 16.5. The van der Waals surface area contributed by atoms with Gasteiger partial charge in [0.15, 0.2) is 12.4 Å². The molecule has 2 N–H and O–H groups in total. The second-order valence-electron chi connectivity index (χ2n) is 4.35. The lowest BCUT2D eigenvalue weighted by Crippen LogP contribution is -2.34. The Balaban J connectivity index is 2.23. The Morgan fingerprint density at radius 3 is 3.05 bits per heavy atom. The predicted molar refractivity (Wildman–Crippen MR) is 71.5 cm³/mol. The van der Waals surface area contributed by atoms with Crippen LogP contribution in [0.2, 0.25) is 0 Å². The minimum Gasteiger partial charge on any atom is -0.481 e. The van der Waals surface area contributed by atoms with E-state index in [0.29, 0.717) is 23.5 Å². The van der Waals surface area contributed by atoms with Gasteiger partial charge in [-0.3, -0.25) is 9.59 Å².